The Morgan fingerprint density at radius 2 is 0.842 bits per heavy atom. The van der Waals surface area contributed by atoms with Gasteiger partial charge in [0.1, 0.15) is 195 Å². The Kier molecular flexibility index (Phi) is 30.6. The van der Waals surface area contributed by atoms with Crippen LogP contribution >= 0.6 is 0 Å². The standard InChI is InChI=1S/C57H94N4O40/c1-16(68)60-18(7-59-27-5-3-4-6-58-27)29(71)46(19(70)8-62)97-51-28(61-17(2)69)36(78)47(24(13-67)94-51)98-56-45(87)49(100-57-50(40(82)33(75)23(12-66)93-57)101-55-43(85)39(81)32(74)22(11-65)92-55)35(77)26(96-56)15-89-53-44(86)48(99-54-42(84)38(80)31(73)21(10-64)91-54)34(76)25(95-53)14-88-52-41(83)37(79)30(72)20(9-63)90-52/h3-6,18-26,28-57,62-67,70-87H,7-15H2,1-2H3,(H,58,59)(H,60,68)(H,61,69)/t18-,19+,20+,21+,22+,23+,24+,25+,26+,28+,29+,30+,31+,32+,33+,34+,35+,36+,37-,38-,39-,40-,41-,42-,43-,44-,45-,46+,47+,48-,49-,50-,51-,52-,53-,54+,55+,56-,57+/m0/s1. The van der Waals surface area contributed by atoms with Crippen molar-refractivity contribution in [1.82, 2.24) is 15.6 Å². The van der Waals surface area contributed by atoms with E-state index in [4.69, 9.17) is 66.3 Å². The topological polar surface area (TPSA) is 698 Å². The van der Waals surface area contributed by atoms with Gasteiger partial charge in [0.25, 0.3) is 0 Å². The molecular weight excluding hydrogens is 1380 g/mol. The number of nitrogens with zero attached hydrogens (tertiary/aromatic N) is 1. The highest BCUT2D eigenvalue weighted by Crippen LogP contribution is 2.38. The minimum Gasteiger partial charge on any atom is -0.394 e. The molecule has 7 aliphatic heterocycles. The number of hydrogen-bond donors (Lipinski definition) is 27. The molecule has 0 aliphatic carbocycles. The Bertz CT molecular complexity index is 2660. The maximum Gasteiger partial charge on any atom is 0.217 e. The SMILES string of the molecule is CC(=O)N[C@H]1[C@H](O[C@@H]([C@H](O)[C@H](CNc2ccccn2)NC(C)=O)[C@H](O)CO)O[C@H](CO)[C@@H](O[C@@H]2O[C@H](CO[C@H]3O[C@H](CO[C@H]4O[C@H](CO)[C@@H](O)[C@H](O)[C@@H]4O)[C@@H](O)[C@H](O[C@H]4O[C@H](CO)[C@@H](O)[C@H](O)[C@@H]4O)[C@@H]3O)[C@@H](O)[C@H](O[C@H]3O[C@H](CO)[C@@H](O)[C@H](O)[C@@H]3O[C@H]3O[C@H](CO)[C@@H](O)[C@H](O)[C@@H]3O)[C@@H]2O)[C@@H]1O. The van der Waals surface area contributed by atoms with E-state index >= 15 is 0 Å². The Hall–Kier alpha value is -3.63. The lowest BCUT2D eigenvalue weighted by atomic mass is 9.94. The normalized spacial score (nSPS) is 45.1. The van der Waals surface area contributed by atoms with Crippen LogP contribution in [0, 0.1) is 0 Å². The van der Waals surface area contributed by atoms with Crippen molar-refractivity contribution in [3.63, 3.8) is 0 Å². The van der Waals surface area contributed by atoms with Crippen molar-refractivity contribution >= 4 is 17.6 Å². The van der Waals surface area contributed by atoms with Gasteiger partial charge in [-0.15, -0.1) is 0 Å². The van der Waals surface area contributed by atoms with E-state index in [0.717, 1.165) is 13.8 Å². The average molecular weight is 1480 g/mol. The van der Waals surface area contributed by atoms with Gasteiger partial charge in [0.2, 0.25) is 11.8 Å². The van der Waals surface area contributed by atoms with Crippen LogP contribution in [0.25, 0.3) is 0 Å². The number of carbonyl (C=O) groups is 2. The van der Waals surface area contributed by atoms with Crippen molar-refractivity contribution in [2.24, 2.45) is 0 Å². The zero-order chi connectivity index (χ0) is 74.2. The van der Waals surface area contributed by atoms with Crippen LogP contribution in [0.3, 0.4) is 0 Å². The lowest BCUT2D eigenvalue weighted by molar-refractivity contribution is -0.398. The second-order valence-electron chi connectivity index (χ2n) is 25.1. The Morgan fingerprint density at radius 1 is 0.436 bits per heavy atom. The Morgan fingerprint density at radius 3 is 1.32 bits per heavy atom. The van der Waals surface area contributed by atoms with E-state index in [-0.39, 0.29) is 12.4 Å². The van der Waals surface area contributed by atoms with Crippen LogP contribution in [0.4, 0.5) is 5.82 Å². The number of pyridine rings is 1. The summed E-state index contributed by atoms with van der Waals surface area (Å²) in [5.74, 6) is -1.37. The molecule has 1 aromatic heterocycles. The van der Waals surface area contributed by atoms with E-state index in [1.165, 1.54) is 6.20 Å². The van der Waals surface area contributed by atoms with Gasteiger partial charge in [0.15, 0.2) is 44.0 Å². The summed E-state index contributed by atoms with van der Waals surface area (Å²) in [4.78, 5) is 29.6. The van der Waals surface area contributed by atoms with E-state index in [0.29, 0.717) is 0 Å². The predicted molar refractivity (Wildman–Crippen MR) is 315 cm³/mol. The number of rotatable bonds is 30. The number of hydrogen-bond acceptors (Lipinski definition) is 42. The molecule has 0 radical (unpaired) electrons. The lowest BCUT2D eigenvalue weighted by Crippen LogP contribution is -2.69. The zero-order valence-corrected chi connectivity index (χ0v) is 53.9. The van der Waals surface area contributed by atoms with Crippen molar-refractivity contribution in [2.45, 2.75) is 253 Å². The molecule has 0 saturated carbocycles. The second-order valence-corrected chi connectivity index (χ2v) is 25.1. The quantitative estimate of drug-likeness (QED) is 0.0340. The molecule has 1 aromatic rings. The van der Waals surface area contributed by atoms with Gasteiger partial charge < -0.3 is 205 Å². The van der Waals surface area contributed by atoms with Gasteiger partial charge in [0, 0.05) is 26.6 Å². The van der Waals surface area contributed by atoms with Crippen molar-refractivity contribution in [3.05, 3.63) is 24.4 Å². The summed E-state index contributed by atoms with van der Waals surface area (Å²) >= 11 is 0. The van der Waals surface area contributed by atoms with E-state index in [2.05, 4.69) is 20.9 Å². The Labute approximate surface area is 572 Å². The molecule has 101 heavy (non-hydrogen) atoms. The van der Waals surface area contributed by atoms with Gasteiger partial charge in [-0.2, -0.15) is 0 Å². The number of aliphatic hydroxyl groups excluding tert-OH is 24. The highest BCUT2D eigenvalue weighted by atomic mass is 16.8. The molecule has 27 N–H and O–H groups in total. The minimum absolute atomic E-state index is 0.263. The first-order chi connectivity index (χ1) is 47.9. The third-order valence-corrected chi connectivity index (χ3v) is 18.1. The highest BCUT2D eigenvalue weighted by molar-refractivity contribution is 5.73. The van der Waals surface area contributed by atoms with Gasteiger partial charge in [0.05, 0.1) is 58.9 Å². The highest BCUT2D eigenvalue weighted by Gasteiger charge is 2.59. The van der Waals surface area contributed by atoms with Crippen molar-refractivity contribution < 1.29 is 198 Å². The summed E-state index contributed by atoms with van der Waals surface area (Å²) in [7, 11) is 0. The smallest absolute Gasteiger partial charge is 0.217 e. The Balaban J connectivity index is 1.12. The van der Waals surface area contributed by atoms with Gasteiger partial charge in [-0.25, -0.2) is 4.98 Å². The first kappa shape index (κ1) is 83.0. The lowest BCUT2D eigenvalue weighted by Gasteiger charge is -2.50. The monoisotopic (exact) mass is 1470 g/mol. The number of aliphatic hydroxyl groups is 24. The molecule has 0 unspecified atom stereocenters. The second kappa shape index (κ2) is 37.3. The molecule has 39 atom stereocenters. The van der Waals surface area contributed by atoms with Crippen LogP contribution < -0.4 is 16.0 Å². The van der Waals surface area contributed by atoms with Gasteiger partial charge in [-0.1, -0.05) is 6.07 Å². The van der Waals surface area contributed by atoms with Crippen molar-refractivity contribution in [3.8, 4) is 0 Å². The van der Waals surface area contributed by atoms with Crippen LogP contribution in [-0.2, 0) is 75.9 Å². The van der Waals surface area contributed by atoms with E-state index < -0.39 is 304 Å². The van der Waals surface area contributed by atoms with Gasteiger partial charge >= 0.3 is 0 Å². The summed E-state index contributed by atoms with van der Waals surface area (Å²) in [5.41, 5.74) is 0. The van der Waals surface area contributed by atoms with E-state index in [1.807, 2.05) is 0 Å². The molecule has 8 rings (SSSR count). The summed E-state index contributed by atoms with van der Waals surface area (Å²) < 4.78 is 81.6. The van der Waals surface area contributed by atoms with Gasteiger partial charge in [-0.3, -0.25) is 9.59 Å². The summed E-state index contributed by atoms with van der Waals surface area (Å²) in [5, 5.41) is 271. The summed E-state index contributed by atoms with van der Waals surface area (Å²) in [6, 6.07) is 1.45. The fraction of sp³-hybridized carbons (Fsp3) is 0.877. The van der Waals surface area contributed by atoms with Crippen LogP contribution in [-0.4, -0.2) is 438 Å². The maximum absolute atomic E-state index is 13.0. The zero-order valence-electron chi connectivity index (χ0n) is 53.9. The first-order valence-corrected chi connectivity index (χ1v) is 32.1. The summed E-state index contributed by atoms with van der Waals surface area (Å²) in [6.45, 7) is -6.76. The third kappa shape index (κ3) is 19.2. The number of aromatic nitrogens is 1. The molecule has 44 heteroatoms. The molecular formula is C57H94N4O40. The van der Waals surface area contributed by atoms with Crippen molar-refractivity contribution in [2.75, 3.05) is 64.7 Å². The molecule has 44 nitrogen and oxygen atoms in total. The average Bonchev–Trinajstić information content (AvgIpc) is 0.787. The van der Waals surface area contributed by atoms with Gasteiger partial charge in [-0.05, 0) is 12.1 Å². The third-order valence-electron chi connectivity index (χ3n) is 18.1. The molecule has 7 fully saturated rings. The fourth-order valence-electron chi connectivity index (χ4n) is 12.4. The molecule has 0 aromatic carbocycles. The number of carbonyl (C=O) groups excluding carboxylic acids is 2. The number of anilines is 1. The largest absolute Gasteiger partial charge is 0.394 e. The van der Waals surface area contributed by atoms with E-state index in [1.54, 1.807) is 18.2 Å². The molecule has 0 spiro atoms. The molecule has 2 amide bonds. The van der Waals surface area contributed by atoms with Crippen LogP contribution in [0.2, 0.25) is 0 Å². The van der Waals surface area contributed by atoms with E-state index in [9.17, 15) is 132 Å². The molecule has 0 bridgehead atoms. The number of ether oxygens (including phenoxy) is 14. The molecule has 582 valence electrons. The maximum atomic E-state index is 13.0. The van der Waals surface area contributed by atoms with Crippen LogP contribution in [0.15, 0.2) is 24.4 Å². The fourth-order valence-corrected chi connectivity index (χ4v) is 12.4. The molecule has 7 aliphatic rings. The number of amides is 2. The first-order valence-electron chi connectivity index (χ1n) is 32.1. The van der Waals surface area contributed by atoms with Crippen molar-refractivity contribution in [1.29, 1.82) is 0 Å². The van der Waals surface area contributed by atoms with Crippen LogP contribution in [0.5, 0.6) is 0 Å². The number of nitrogens with one attached hydrogen (secondary N) is 3. The molecule has 8 heterocycles. The summed E-state index contributed by atoms with van der Waals surface area (Å²) in [6.07, 6.45) is -75.8. The predicted octanol–water partition coefficient (Wildman–Crippen LogP) is -17.0. The minimum atomic E-state index is -2.51. The van der Waals surface area contributed by atoms with Crippen LogP contribution in [0.1, 0.15) is 13.8 Å². The molecule has 7 saturated heterocycles.